The predicted octanol–water partition coefficient (Wildman–Crippen LogP) is 2.58. The minimum atomic E-state index is -2.61. The number of carbonyl (C=O) groups is 1. The van der Waals surface area contributed by atoms with Gasteiger partial charge >= 0.3 is 0 Å². The molecule has 0 spiro atoms. The molecule has 0 N–H and O–H groups in total. The Morgan fingerprint density at radius 3 is 2.75 bits per heavy atom. The minimum Gasteiger partial charge on any atom is -0.332 e. The average molecular weight is 300 g/mol. The summed E-state index contributed by atoms with van der Waals surface area (Å²) in [6, 6.07) is 4.90. The molecule has 0 saturated heterocycles. The molecule has 2 rings (SSSR count). The van der Waals surface area contributed by atoms with Gasteiger partial charge in [0.1, 0.15) is 5.52 Å². The summed E-state index contributed by atoms with van der Waals surface area (Å²) in [7, 11) is 0. The maximum atomic E-state index is 12.5. The summed E-state index contributed by atoms with van der Waals surface area (Å²) < 4.78 is 25.1. The second-order valence-electron chi connectivity index (χ2n) is 4.06. The third kappa shape index (κ3) is 3.19. The van der Waals surface area contributed by atoms with Crippen LogP contribution in [0.3, 0.4) is 0 Å². The molecule has 7 heteroatoms. The Morgan fingerprint density at radius 2 is 2.05 bits per heavy atom. The Morgan fingerprint density at radius 1 is 1.30 bits per heavy atom. The molecule has 0 fully saturated rings. The standard InChI is InChI=1S/C13H12ClF2N3O/c14-4-7-19(8-11(15)16)13(20)9-2-1-3-10-12(9)18-6-5-17-10/h1-3,5-6,11H,4,7-8H2. The van der Waals surface area contributed by atoms with E-state index in [-0.39, 0.29) is 18.0 Å². The van der Waals surface area contributed by atoms with Crippen molar-refractivity contribution in [2.75, 3.05) is 19.0 Å². The Labute approximate surface area is 119 Å². The lowest BCUT2D eigenvalue weighted by Gasteiger charge is -2.21. The molecular formula is C13H12ClF2N3O. The van der Waals surface area contributed by atoms with E-state index in [0.717, 1.165) is 4.90 Å². The van der Waals surface area contributed by atoms with E-state index in [1.165, 1.54) is 12.4 Å². The highest BCUT2D eigenvalue weighted by molar-refractivity contribution is 6.18. The maximum Gasteiger partial charge on any atom is 0.256 e. The van der Waals surface area contributed by atoms with Crippen LogP contribution in [0.25, 0.3) is 11.0 Å². The zero-order chi connectivity index (χ0) is 14.5. The Balaban J connectivity index is 2.38. The average Bonchev–Trinajstić information content (AvgIpc) is 2.45. The number of para-hydroxylation sites is 1. The number of nitrogens with zero attached hydrogens (tertiary/aromatic N) is 3. The van der Waals surface area contributed by atoms with Crippen LogP contribution in [0.2, 0.25) is 0 Å². The van der Waals surface area contributed by atoms with Crippen LogP contribution in [0.15, 0.2) is 30.6 Å². The molecule has 4 nitrogen and oxygen atoms in total. The third-order valence-electron chi connectivity index (χ3n) is 2.73. The van der Waals surface area contributed by atoms with E-state index < -0.39 is 18.9 Å². The minimum absolute atomic E-state index is 0.0569. The van der Waals surface area contributed by atoms with Gasteiger partial charge in [0.15, 0.2) is 0 Å². The topological polar surface area (TPSA) is 46.1 Å². The van der Waals surface area contributed by atoms with Gasteiger partial charge < -0.3 is 4.90 Å². The second kappa shape index (κ2) is 6.56. The highest BCUT2D eigenvalue weighted by atomic mass is 35.5. The zero-order valence-electron chi connectivity index (χ0n) is 10.5. The van der Waals surface area contributed by atoms with Crippen molar-refractivity contribution in [1.82, 2.24) is 14.9 Å². The number of hydrogen-bond acceptors (Lipinski definition) is 3. The molecule has 0 aliphatic carbocycles. The van der Waals surface area contributed by atoms with Crippen LogP contribution in [0, 0.1) is 0 Å². The van der Waals surface area contributed by atoms with Crippen LogP contribution in [0.5, 0.6) is 0 Å². The lowest BCUT2D eigenvalue weighted by molar-refractivity contribution is 0.0572. The van der Waals surface area contributed by atoms with Gasteiger partial charge in [-0.15, -0.1) is 11.6 Å². The summed E-state index contributed by atoms with van der Waals surface area (Å²) in [6.45, 7) is -0.594. The van der Waals surface area contributed by atoms with Crippen molar-refractivity contribution in [3.63, 3.8) is 0 Å². The quantitative estimate of drug-likeness (QED) is 0.797. The normalized spacial score (nSPS) is 11.0. The van der Waals surface area contributed by atoms with Crippen LogP contribution in [-0.4, -0.2) is 46.2 Å². The van der Waals surface area contributed by atoms with Crippen molar-refractivity contribution in [2.45, 2.75) is 6.43 Å². The molecule has 1 heterocycles. The van der Waals surface area contributed by atoms with Crippen LogP contribution in [-0.2, 0) is 0 Å². The fourth-order valence-electron chi connectivity index (χ4n) is 1.88. The van der Waals surface area contributed by atoms with Gasteiger partial charge in [-0.05, 0) is 12.1 Å². The van der Waals surface area contributed by atoms with Crippen molar-refractivity contribution < 1.29 is 13.6 Å². The number of rotatable bonds is 5. The van der Waals surface area contributed by atoms with E-state index in [0.29, 0.717) is 11.0 Å². The molecule has 0 saturated carbocycles. The smallest absolute Gasteiger partial charge is 0.256 e. The van der Waals surface area contributed by atoms with Gasteiger partial charge in [0.25, 0.3) is 12.3 Å². The van der Waals surface area contributed by atoms with E-state index in [4.69, 9.17) is 11.6 Å². The first-order chi connectivity index (χ1) is 9.63. The molecule has 1 aromatic heterocycles. The van der Waals surface area contributed by atoms with Crippen LogP contribution >= 0.6 is 11.6 Å². The summed E-state index contributed by atoms with van der Waals surface area (Å²) in [5.74, 6) is -0.424. The first kappa shape index (κ1) is 14.6. The number of aromatic nitrogens is 2. The van der Waals surface area contributed by atoms with Crippen LogP contribution in [0.4, 0.5) is 8.78 Å². The van der Waals surface area contributed by atoms with Crippen molar-refractivity contribution >= 4 is 28.5 Å². The lowest BCUT2D eigenvalue weighted by Crippen LogP contribution is -2.36. The predicted molar refractivity (Wildman–Crippen MR) is 72.2 cm³/mol. The number of halogens is 3. The zero-order valence-corrected chi connectivity index (χ0v) is 11.2. The summed E-state index contributed by atoms with van der Waals surface area (Å²) in [6.07, 6.45) is 0.355. The Kier molecular flexibility index (Phi) is 4.79. The van der Waals surface area contributed by atoms with E-state index in [2.05, 4.69) is 9.97 Å². The van der Waals surface area contributed by atoms with E-state index in [1.807, 2.05) is 0 Å². The number of fused-ring (bicyclic) bond motifs is 1. The van der Waals surface area contributed by atoms with Crippen molar-refractivity contribution in [3.05, 3.63) is 36.2 Å². The summed E-state index contributed by atoms with van der Waals surface area (Å²) in [4.78, 5) is 21.6. The monoisotopic (exact) mass is 299 g/mol. The van der Waals surface area contributed by atoms with Gasteiger partial charge in [-0.25, -0.2) is 8.78 Å². The van der Waals surface area contributed by atoms with Crippen molar-refractivity contribution in [3.8, 4) is 0 Å². The number of amides is 1. The first-order valence-electron chi connectivity index (χ1n) is 5.96. The highest BCUT2D eigenvalue weighted by Crippen LogP contribution is 2.16. The number of alkyl halides is 3. The van der Waals surface area contributed by atoms with Crippen LogP contribution in [0.1, 0.15) is 10.4 Å². The first-order valence-corrected chi connectivity index (χ1v) is 6.50. The molecule has 0 aliphatic rings. The van der Waals surface area contributed by atoms with Gasteiger partial charge in [-0.3, -0.25) is 14.8 Å². The van der Waals surface area contributed by atoms with E-state index in [9.17, 15) is 13.6 Å². The molecule has 1 amide bonds. The maximum absolute atomic E-state index is 12.5. The summed E-state index contributed by atoms with van der Waals surface area (Å²) in [5, 5.41) is 0. The summed E-state index contributed by atoms with van der Waals surface area (Å²) >= 11 is 5.56. The van der Waals surface area contributed by atoms with Gasteiger partial charge in [-0.1, -0.05) is 6.07 Å². The molecule has 0 radical (unpaired) electrons. The SMILES string of the molecule is O=C(c1cccc2nccnc12)N(CCCl)CC(F)F. The van der Waals surface area contributed by atoms with Gasteiger partial charge in [-0.2, -0.15) is 0 Å². The second-order valence-corrected chi connectivity index (χ2v) is 4.44. The number of carbonyl (C=O) groups excluding carboxylic acids is 1. The summed E-state index contributed by atoms with van der Waals surface area (Å²) in [5.41, 5.74) is 1.19. The van der Waals surface area contributed by atoms with Gasteiger partial charge in [0.05, 0.1) is 17.6 Å². The molecule has 0 aliphatic heterocycles. The molecule has 0 bridgehead atoms. The molecule has 2 aromatic rings. The highest BCUT2D eigenvalue weighted by Gasteiger charge is 2.21. The van der Waals surface area contributed by atoms with Crippen molar-refractivity contribution in [1.29, 1.82) is 0 Å². The van der Waals surface area contributed by atoms with Gasteiger partial charge in [0, 0.05) is 24.8 Å². The van der Waals surface area contributed by atoms with Gasteiger partial charge in [0.2, 0.25) is 0 Å². The molecule has 20 heavy (non-hydrogen) atoms. The molecule has 1 aromatic carbocycles. The fraction of sp³-hybridized carbons (Fsp3) is 0.308. The molecular weight excluding hydrogens is 288 g/mol. The molecule has 106 valence electrons. The largest absolute Gasteiger partial charge is 0.332 e. The van der Waals surface area contributed by atoms with Crippen LogP contribution < -0.4 is 0 Å². The fourth-order valence-corrected chi connectivity index (χ4v) is 2.08. The molecule has 0 unspecified atom stereocenters. The number of hydrogen-bond donors (Lipinski definition) is 0. The Bertz CT molecular complexity index is 604. The Hall–Kier alpha value is -1.82. The third-order valence-corrected chi connectivity index (χ3v) is 2.90. The van der Waals surface area contributed by atoms with E-state index in [1.54, 1.807) is 18.2 Å². The van der Waals surface area contributed by atoms with Crippen molar-refractivity contribution in [2.24, 2.45) is 0 Å². The lowest BCUT2D eigenvalue weighted by atomic mass is 10.1. The molecule has 0 atom stereocenters. The number of benzene rings is 1. The van der Waals surface area contributed by atoms with E-state index >= 15 is 0 Å².